The molecule has 0 unspecified atom stereocenters. The van der Waals surface area contributed by atoms with Gasteiger partial charge in [-0.3, -0.25) is 4.98 Å². The zero-order valence-corrected chi connectivity index (χ0v) is 14.5. The number of nitrogen functional groups attached to an aromatic ring is 1. The van der Waals surface area contributed by atoms with Gasteiger partial charge in [0, 0.05) is 18.0 Å². The Morgan fingerprint density at radius 3 is 2.48 bits per heavy atom. The highest BCUT2D eigenvalue weighted by Crippen LogP contribution is 2.31. The smallest absolute Gasteiger partial charge is 0.167 e. The van der Waals surface area contributed by atoms with Gasteiger partial charge in [-0.1, -0.05) is 12.1 Å². The van der Waals surface area contributed by atoms with Crippen LogP contribution >= 0.6 is 0 Å². The van der Waals surface area contributed by atoms with E-state index in [1.165, 1.54) is 0 Å². The van der Waals surface area contributed by atoms with Crippen molar-refractivity contribution in [2.45, 2.75) is 20.5 Å². The Labute approximate surface area is 146 Å². The minimum atomic E-state index is 0.418. The van der Waals surface area contributed by atoms with Gasteiger partial charge in [-0.25, -0.2) is 9.97 Å². The van der Waals surface area contributed by atoms with E-state index < -0.39 is 0 Å². The molecule has 128 valence electrons. The standard InChI is InChI=1S/C19H20N4O2/c1-12-10-17(20)23-19(22-12)18-13(2)21-9-8-16(18)25-11-14-4-6-15(24-3)7-5-14/h4-10H,11H2,1-3H3,(H2,20,22,23). The van der Waals surface area contributed by atoms with Crippen LogP contribution in [-0.4, -0.2) is 22.1 Å². The molecule has 0 saturated heterocycles. The molecule has 0 fully saturated rings. The summed E-state index contributed by atoms with van der Waals surface area (Å²) in [6.45, 7) is 4.20. The predicted octanol–water partition coefficient (Wildman–Crippen LogP) is 3.33. The van der Waals surface area contributed by atoms with Gasteiger partial charge in [-0.2, -0.15) is 0 Å². The van der Waals surface area contributed by atoms with Gasteiger partial charge in [0.05, 0.1) is 18.4 Å². The summed E-state index contributed by atoms with van der Waals surface area (Å²) in [5.74, 6) is 2.43. The van der Waals surface area contributed by atoms with E-state index >= 15 is 0 Å². The number of nitrogens with two attached hydrogens (primary N) is 1. The number of methoxy groups -OCH3 is 1. The number of benzene rings is 1. The molecule has 0 bridgehead atoms. The van der Waals surface area contributed by atoms with E-state index in [0.29, 0.717) is 24.0 Å². The van der Waals surface area contributed by atoms with Crippen molar-refractivity contribution in [1.29, 1.82) is 0 Å². The number of nitrogens with zero attached hydrogens (tertiary/aromatic N) is 3. The van der Waals surface area contributed by atoms with Gasteiger partial charge in [0.1, 0.15) is 23.9 Å². The molecule has 6 nitrogen and oxygen atoms in total. The lowest BCUT2D eigenvalue weighted by Gasteiger charge is -2.13. The van der Waals surface area contributed by atoms with Crippen LogP contribution in [0.4, 0.5) is 5.82 Å². The third-order valence-corrected chi connectivity index (χ3v) is 3.75. The molecule has 0 atom stereocenters. The summed E-state index contributed by atoms with van der Waals surface area (Å²) in [6, 6.07) is 11.3. The Hall–Kier alpha value is -3.15. The first kappa shape index (κ1) is 16.7. The summed E-state index contributed by atoms with van der Waals surface area (Å²) < 4.78 is 11.2. The molecule has 0 aliphatic heterocycles. The van der Waals surface area contributed by atoms with Crippen LogP contribution in [0.25, 0.3) is 11.4 Å². The van der Waals surface area contributed by atoms with Crippen LogP contribution in [0.2, 0.25) is 0 Å². The Morgan fingerprint density at radius 2 is 1.80 bits per heavy atom. The summed E-state index contributed by atoms with van der Waals surface area (Å²) in [7, 11) is 1.64. The summed E-state index contributed by atoms with van der Waals surface area (Å²) in [6.07, 6.45) is 1.71. The van der Waals surface area contributed by atoms with Gasteiger partial charge < -0.3 is 15.2 Å². The topological polar surface area (TPSA) is 83.2 Å². The highest BCUT2D eigenvalue weighted by Gasteiger charge is 2.14. The molecule has 0 aliphatic rings. The minimum absolute atomic E-state index is 0.418. The zero-order chi connectivity index (χ0) is 17.8. The zero-order valence-electron chi connectivity index (χ0n) is 14.5. The molecule has 2 aromatic heterocycles. The molecule has 3 aromatic rings. The Balaban J connectivity index is 1.90. The third-order valence-electron chi connectivity index (χ3n) is 3.75. The molecule has 0 radical (unpaired) electrons. The quantitative estimate of drug-likeness (QED) is 0.769. The average molecular weight is 336 g/mol. The fraction of sp³-hybridized carbons (Fsp3) is 0.211. The van der Waals surface area contributed by atoms with Crippen molar-refractivity contribution in [3.05, 3.63) is 59.5 Å². The van der Waals surface area contributed by atoms with Crippen LogP contribution in [0, 0.1) is 13.8 Å². The molecule has 6 heteroatoms. The molecule has 2 heterocycles. The van der Waals surface area contributed by atoms with Gasteiger partial charge in [0.15, 0.2) is 5.82 Å². The summed E-state index contributed by atoms with van der Waals surface area (Å²) in [4.78, 5) is 13.1. The van der Waals surface area contributed by atoms with Crippen LogP contribution in [0.1, 0.15) is 17.0 Å². The molecular formula is C19H20N4O2. The van der Waals surface area contributed by atoms with Gasteiger partial charge >= 0.3 is 0 Å². The number of pyridine rings is 1. The lowest BCUT2D eigenvalue weighted by Crippen LogP contribution is -2.03. The Morgan fingerprint density at radius 1 is 1.04 bits per heavy atom. The lowest BCUT2D eigenvalue weighted by atomic mass is 10.1. The lowest BCUT2D eigenvalue weighted by molar-refractivity contribution is 0.306. The van der Waals surface area contributed by atoms with Crippen molar-refractivity contribution in [1.82, 2.24) is 15.0 Å². The second kappa shape index (κ2) is 7.17. The monoisotopic (exact) mass is 336 g/mol. The second-order valence-electron chi connectivity index (χ2n) is 5.66. The molecule has 25 heavy (non-hydrogen) atoms. The number of hydrogen-bond donors (Lipinski definition) is 1. The molecule has 0 spiro atoms. The fourth-order valence-corrected chi connectivity index (χ4v) is 2.52. The highest BCUT2D eigenvalue weighted by atomic mass is 16.5. The van der Waals surface area contributed by atoms with Crippen LogP contribution in [0.15, 0.2) is 42.6 Å². The highest BCUT2D eigenvalue weighted by molar-refractivity contribution is 5.67. The first-order chi connectivity index (χ1) is 12.1. The maximum absolute atomic E-state index is 6.01. The maximum atomic E-state index is 6.01. The Bertz CT molecular complexity index is 859. The van der Waals surface area contributed by atoms with Crippen molar-refractivity contribution in [3.63, 3.8) is 0 Å². The van der Waals surface area contributed by atoms with Crippen molar-refractivity contribution in [3.8, 4) is 22.9 Å². The maximum Gasteiger partial charge on any atom is 0.167 e. The largest absolute Gasteiger partial charge is 0.497 e. The molecule has 1 aromatic carbocycles. The molecule has 2 N–H and O–H groups in total. The summed E-state index contributed by atoms with van der Waals surface area (Å²) >= 11 is 0. The summed E-state index contributed by atoms with van der Waals surface area (Å²) in [5, 5.41) is 0. The molecule has 3 rings (SSSR count). The van der Waals surface area contributed by atoms with Crippen molar-refractivity contribution in [2.75, 3.05) is 12.8 Å². The van der Waals surface area contributed by atoms with E-state index in [1.54, 1.807) is 19.4 Å². The van der Waals surface area contributed by atoms with Gasteiger partial charge in [0.25, 0.3) is 0 Å². The van der Waals surface area contributed by atoms with Crippen LogP contribution in [0.3, 0.4) is 0 Å². The number of aryl methyl sites for hydroxylation is 2. The van der Waals surface area contributed by atoms with Gasteiger partial charge in [-0.15, -0.1) is 0 Å². The third kappa shape index (κ3) is 3.85. The number of hydrogen-bond acceptors (Lipinski definition) is 6. The fourth-order valence-electron chi connectivity index (χ4n) is 2.52. The molecule has 0 saturated carbocycles. The minimum Gasteiger partial charge on any atom is -0.497 e. The first-order valence-corrected chi connectivity index (χ1v) is 7.89. The van der Waals surface area contributed by atoms with E-state index in [4.69, 9.17) is 15.2 Å². The second-order valence-corrected chi connectivity index (χ2v) is 5.66. The van der Waals surface area contributed by atoms with Crippen molar-refractivity contribution < 1.29 is 9.47 Å². The van der Waals surface area contributed by atoms with Crippen molar-refractivity contribution in [2.24, 2.45) is 0 Å². The number of rotatable bonds is 5. The summed E-state index contributed by atoms with van der Waals surface area (Å²) in [5.41, 5.74) is 9.24. The van der Waals surface area contributed by atoms with Crippen LogP contribution in [0.5, 0.6) is 11.5 Å². The van der Waals surface area contributed by atoms with Gasteiger partial charge in [0.2, 0.25) is 0 Å². The predicted molar refractivity (Wildman–Crippen MR) is 96.5 cm³/mol. The molecule has 0 aliphatic carbocycles. The Kier molecular flexibility index (Phi) is 4.79. The van der Waals surface area contributed by atoms with E-state index in [1.807, 2.05) is 44.2 Å². The first-order valence-electron chi connectivity index (χ1n) is 7.89. The van der Waals surface area contributed by atoms with E-state index in [2.05, 4.69) is 15.0 Å². The SMILES string of the molecule is COc1ccc(COc2ccnc(C)c2-c2nc(C)cc(N)n2)cc1. The average Bonchev–Trinajstić information content (AvgIpc) is 2.59. The number of anilines is 1. The normalized spacial score (nSPS) is 10.5. The van der Waals surface area contributed by atoms with Gasteiger partial charge in [-0.05, 0) is 37.6 Å². The number of ether oxygens (including phenoxy) is 2. The van der Waals surface area contributed by atoms with Crippen molar-refractivity contribution >= 4 is 5.82 Å². The molecule has 0 amide bonds. The van der Waals surface area contributed by atoms with E-state index in [-0.39, 0.29) is 0 Å². The van der Waals surface area contributed by atoms with Crippen LogP contribution in [-0.2, 0) is 6.61 Å². The van der Waals surface area contributed by atoms with Crippen LogP contribution < -0.4 is 15.2 Å². The molecular weight excluding hydrogens is 316 g/mol. The van der Waals surface area contributed by atoms with E-state index in [0.717, 1.165) is 28.3 Å². The van der Waals surface area contributed by atoms with E-state index in [9.17, 15) is 0 Å². The number of aromatic nitrogens is 3.